The molecule has 1 atom stereocenters. The zero-order valence-corrected chi connectivity index (χ0v) is 25.2. The Morgan fingerprint density at radius 2 is 1.55 bits per heavy atom. The van der Waals surface area contributed by atoms with Crippen molar-refractivity contribution in [3.8, 4) is 17.5 Å². The summed E-state index contributed by atoms with van der Waals surface area (Å²) in [6, 6.07) is 32.1. The van der Waals surface area contributed by atoms with E-state index in [0.29, 0.717) is 60.7 Å². The molecule has 1 spiro atoms. The van der Waals surface area contributed by atoms with Gasteiger partial charge in [0.15, 0.2) is 0 Å². The van der Waals surface area contributed by atoms with Crippen LogP contribution in [0, 0.1) is 11.3 Å². The highest BCUT2D eigenvalue weighted by molar-refractivity contribution is 6.30. The fourth-order valence-corrected chi connectivity index (χ4v) is 7.10. The molecular formula is C36H21ClN8O2. The molecule has 0 saturated carbocycles. The standard InChI is InChI=1S/C36H21ClN8O2/c37-20-13-15-21(16-14-20)45-22(18-40-43-45)19-44-29-12-6-3-9-25(29)36(35(44)46)26(17-38)34(39)47-33-24-8-2-1-7-23(24)31-32(30(33)36)42-28-11-5-4-10-27(28)41-31/h1-16,18H,19,39H2. The largest absolute Gasteiger partial charge is 0.439 e. The van der Waals surface area contributed by atoms with Crippen LogP contribution in [0.1, 0.15) is 16.8 Å². The number of hydrogen-bond donors (Lipinski definition) is 1. The molecule has 11 heteroatoms. The van der Waals surface area contributed by atoms with Gasteiger partial charge < -0.3 is 15.4 Å². The average molecular weight is 633 g/mol. The van der Waals surface area contributed by atoms with E-state index in [4.69, 9.17) is 32.0 Å². The van der Waals surface area contributed by atoms with Crippen molar-refractivity contribution in [2.45, 2.75) is 12.0 Å². The van der Waals surface area contributed by atoms with Crippen LogP contribution >= 0.6 is 11.6 Å². The Labute approximate surface area is 271 Å². The molecule has 0 bridgehead atoms. The lowest BCUT2D eigenvalue weighted by Gasteiger charge is -2.35. The summed E-state index contributed by atoms with van der Waals surface area (Å²) in [5.41, 5.74) is 10.3. The molecule has 0 aliphatic carbocycles. The van der Waals surface area contributed by atoms with Crippen LogP contribution in [0.3, 0.4) is 0 Å². The second-order valence-electron chi connectivity index (χ2n) is 11.4. The third-order valence-electron chi connectivity index (χ3n) is 8.96. The van der Waals surface area contributed by atoms with Gasteiger partial charge in [0.1, 0.15) is 22.8 Å². The molecule has 10 nitrogen and oxygen atoms in total. The number of carbonyl (C=O) groups excluding carboxylic acids is 1. The molecule has 2 aromatic heterocycles. The molecule has 4 heterocycles. The van der Waals surface area contributed by atoms with E-state index in [1.54, 1.807) is 27.9 Å². The van der Waals surface area contributed by atoms with Crippen LogP contribution in [0.25, 0.3) is 38.5 Å². The van der Waals surface area contributed by atoms with E-state index in [0.717, 1.165) is 11.1 Å². The molecular weight excluding hydrogens is 612 g/mol. The monoisotopic (exact) mass is 632 g/mol. The number of nitriles is 1. The second-order valence-corrected chi connectivity index (χ2v) is 11.8. The van der Waals surface area contributed by atoms with Gasteiger partial charge >= 0.3 is 0 Å². The minimum Gasteiger partial charge on any atom is -0.439 e. The number of para-hydroxylation sites is 3. The van der Waals surface area contributed by atoms with Gasteiger partial charge in [0.05, 0.1) is 46.2 Å². The molecule has 0 radical (unpaired) electrons. The van der Waals surface area contributed by atoms with Gasteiger partial charge in [-0.2, -0.15) is 5.26 Å². The lowest BCUT2D eigenvalue weighted by atomic mass is 9.67. The first kappa shape index (κ1) is 27.0. The Hall–Kier alpha value is -6.31. The van der Waals surface area contributed by atoms with E-state index in [2.05, 4.69) is 16.4 Å². The molecule has 47 heavy (non-hydrogen) atoms. The van der Waals surface area contributed by atoms with Crippen molar-refractivity contribution in [1.82, 2.24) is 25.0 Å². The van der Waals surface area contributed by atoms with E-state index in [-0.39, 0.29) is 23.9 Å². The maximum absolute atomic E-state index is 15.4. The predicted octanol–water partition coefficient (Wildman–Crippen LogP) is 6.09. The summed E-state index contributed by atoms with van der Waals surface area (Å²) in [5.74, 6) is -0.152. The lowest BCUT2D eigenvalue weighted by Crippen LogP contribution is -2.46. The van der Waals surface area contributed by atoms with Crippen LogP contribution in [0.5, 0.6) is 5.75 Å². The number of carbonyl (C=O) groups is 1. The molecule has 7 aromatic rings. The predicted molar refractivity (Wildman–Crippen MR) is 177 cm³/mol. The smallest absolute Gasteiger partial charge is 0.248 e. The van der Waals surface area contributed by atoms with Crippen molar-refractivity contribution in [1.29, 1.82) is 5.26 Å². The molecule has 1 unspecified atom stereocenters. The van der Waals surface area contributed by atoms with Crippen LogP contribution in [-0.2, 0) is 16.8 Å². The van der Waals surface area contributed by atoms with Gasteiger partial charge in [0.2, 0.25) is 11.8 Å². The van der Waals surface area contributed by atoms with Crippen LogP contribution in [0.4, 0.5) is 5.69 Å². The number of ether oxygens (including phenoxy) is 1. The first-order chi connectivity index (χ1) is 23.0. The Kier molecular flexibility index (Phi) is 5.66. The summed E-state index contributed by atoms with van der Waals surface area (Å²) in [6.45, 7) is 0.0994. The molecule has 2 N–H and O–H groups in total. The van der Waals surface area contributed by atoms with Gasteiger partial charge in [-0.25, -0.2) is 14.6 Å². The second kappa shape index (κ2) is 9.84. The summed E-state index contributed by atoms with van der Waals surface area (Å²) in [4.78, 5) is 27.2. The Morgan fingerprint density at radius 1 is 0.872 bits per heavy atom. The molecule has 2 aliphatic rings. The number of benzene rings is 5. The van der Waals surface area contributed by atoms with Gasteiger partial charge in [-0.05, 0) is 42.5 Å². The van der Waals surface area contributed by atoms with E-state index in [1.165, 1.54) is 0 Å². The zero-order valence-electron chi connectivity index (χ0n) is 24.4. The van der Waals surface area contributed by atoms with E-state index < -0.39 is 5.41 Å². The summed E-state index contributed by atoms with van der Waals surface area (Å²) in [6.07, 6.45) is 1.61. The Morgan fingerprint density at radius 3 is 2.32 bits per heavy atom. The molecule has 0 fully saturated rings. The highest BCUT2D eigenvalue weighted by Crippen LogP contribution is 2.58. The van der Waals surface area contributed by atoms with Crippen LogP contribution in [0.2, 0.25) is 5.02 Å². The summed E-state index contributed by atoms with van der Waals surface area (Å²) in [7, 11) is 0. The van der Waals surface area contributed by atoms with Crippen LogP contribution in [0.15, 0.2) is 115 Å². The first-order valence-corrected chi connectivity index (χ1v) is 15.2. The maximum atomic E-state index is 15.4. The fourth-order valence-electron chi connectivity index (χ4n) is 6.97. The number of nitrogens with two attached hydrogens (primary N) is 1. The highest BCUT2D eigenvalue weighted by atomic mass is 35.5. The van der Waals surface area contributed by atoms with Gasteiger partial charge in [-0.1, -0.05) is 71.4 Å². The van der Waals surface area contributed by atoms with Gasteiger partial charge in [0, 0.05) is 32.6 Å². The van der Waals surface area contributed by atoms with Crippen molar-refractivity contribution in [3.63, 3.8) is 0 Å². The maximum Gasteiger partial charge on any atom is 0.248 e. The summed E-state index contributed by atoms with van der Waals surface area (Å²) in [5, 5.41) is 21.3. The third-order valence-corrected chi connectivity index (χ3v) is 9.21. The fraction of sp³-hybridized carbons (Fsp3) is 0.0556. The van der Waals surface area contributed by atoms with Crippen molar-refractivity contribution in [2.24, 2.45) is 5.73 Å². The van der Waals surface area contributed by atoms with Gasteiger partial charge in [-0.3, -0.25) is 4.79 Å². The van der Waals surface area contributed by atoms with Gasteiger partial charge in [0.25, 0.3) is 0 Å². The number of nitrogens with zero attached hydrogens (tertiary/aromatic N) is 7. The molecule has 9 rings (SSSR count). The number of rotatable bonds is 3. The van der Waals surface area contributed by atoms with E-state index in [1.807, 2.05) is 84.9 Å². The number of hydrogen-bond acceptors (Lipinski definition) is 8. The SMILES string of the molecule is N#CC1=C(N)Oc2c(c3nc4ccccc4nc3c3ccccc23)C12C(=O)N(Cc1cnnn1-c1ccc(Cl)cc1)c1ccccc12. The number of halogens is 1. The quantitative estimate of drug-likeness (QED) is 0.183. The van der Waals surface area contributed by atoms with Crippen molar-refractivity contribution in [3.05, 3.63) is 137 Å². The van der Waals surface area contributed by atoms with Crippen LogP contribution in [-0.4, -0.2) is 30.9 Å². The summed E-state index contributed by atoms with van der Waals surface area (Å²) >= 11 is 6.14. The van der Waals surface area contributed by atoms with Gasteiger partial charge in [-0.15, -0.1) is 5.10 Å². The minimum atomic E-state index is -1.68. The normalized spacial score (nSPS) is 16.9. The topological polar surface area (TPSA) is 136 Å². The number of aromatic nitrogens is 5. The van der Waals surface area contributed by atoms with Crippen molar-refractivity contribution >= 4 is 56.0 Å². The molecule has 1 amide bonds. The molecule has 2 aliphatic heterocycles. The number of anilines is 1. The molecule has 224 valence electrons. The minimum absolute atomic E-state index is 0.0131. The van der Waals surface area contributed by atoms with Crippen LogP contribution < -0.4 is 15.4 Å². The zero-order chi connectivity index (χ0) is 31.9. The highest BCUT2D eigenvalue weighted by Gasteiger charge is 2.60. The lowest BCUT2D eigenvalue weighted by molar-refractivity contribution is -0.121. The Balaban J connectivity index is 1.35. The first-order valence-electron chi connectivity index (χ1n) is 14.8. The van der Waals surface area contributed by atoms with E-state index in [9.17, 15) is 5.26 Å². The summed E-state index contributed by atoms with van der Waals surface area (Å²) < 4.78 is 7.97. The number of fused-ring (bicyclic) bond motifs is 10. The van der Waals surface area contributed by atoms with Crippen molar-refractivity contribution in [2.75, 3.05) is 4.90 Å². The molecule has 0 saturated heterocycles. The number of amides is 1. The molecule has 5 aromatic carbocycles. The Bertz CT molecular complexity index is 2550. The van der Waals surface area contributed by atoms with Crippen molar-refractivity contribution < 1.29 is 9.53 Å². The van der Waals surface area contributed by atoms with E-state index >= 15 is 4.79 Å². The third kappa shape index (κ3) is 3.63. The average Bonchev–Trinajstić information content (AvgIpc) is 3.66.